The first-order chi connectivity index (χ1) is 13.1. The molecule has 140 valence electrons. The van der Waals surface area contributed by atoms with Gasteiger partial charge in [-0.25, -0.2) is 9.97 Å². The molecule has 1 saturated heterocycles. The minimum atomic E-state index is 0.0984. The van der Waals surface area contributed by atoms with E-state index in [0.717, 1.165) is 57.9 Å². The van der Waals surface area contributed by atoms with Crippen molar-refractivity contribution < 1.29 is 4.79 Å². The highest BCUT2D eigenvalue weighted by molar-refractivity contribution is 7.15. The summed E-state index contributed by atoms with van der Waals surface area (Å²) in [6.45, 7) is 5.76. The highest BCUT2D eigenvalue weighted by Gasteiger charge is 2.18. The molecule has 0 radical (unpaired) electrons. The molecule has 0 aromatic carbocycles. The summed E-state index contributed by atoms with van der Waals surface area (Å²) >= 11 is 3.32. The fraction of sp³-hybridized carbons (Fsp3) is 0.400. The summed E-state index contributed by atoms with van der Waals surface area (Å²) in [5.41, 5.74) is 3.64. The predicted molar refractivity (Wildman–Crippen MR) is 109 cm³/mol. The lowest BCUT2D eigenvalue weighted by molar-refractivity contribution is 0.0724. The van der Waals surface area contributed by atoms with Crippen LogP contribution in [0, 0.1) is 13.8 Å². The normalized spacial score (nSPS) is 14.5. The summed E-state index contributed by atoms with van der Waals surface area (Å²) in [7, 11) is 0. The van der Waals surface area contributed by atoms with Crippen molar-refractivity contribution in [3.63, 3.8) is 0 Å². The van der Waals surface area contributed by atoms with Crippen LogP contribution in [0.2, 0.25) is 0 Å². The number of amides is 1. The molecule has 1 fully saturated rings. The average Bonchev–Trinajstić information content (AvgIpc) is 3.28. The minimum absolute atomic E-state index is 0.0984. The standard InChI is InChI=1S/C20H22N4OS2/c1-13-19(27-14(2)22-13)17-12-26-18(23-17)10-16-7-6-15(11-21-16)20(25)24-8-4-3-5-9-24/h6-7,11-12H,3-5,8-10H2,1-2H3. The Labute approximate surface area is 167 Å². The fourth-order valence-electron chi connectivity index (χ4n) is 3.36. The number of aromatic nitrogens is 3. The summed E-state index contributed by atoms with van der Waals surface area (Å²) in [6.07, 6.45) is 5.80. The molecule has 0 bridgehead atoms. The molecule has 0 aliphatic carbocycles. The zero-order valence-corrected chi connectivity index (χ0v) is 17.2. The monoisotopic (exact) mass is 398 g/mol. The van der Waals surface area contributed by atoms with E-state index in [-0.39, 0.29) is 5.91 Å². The van der Waals surface area contributed by atoms with Gasteiger partial charge in [-0.2, -0.15) is 0 Å². The van der Waals surface area contributed by atoms with Gasteiger partial charge in [0.15, 0.2) is 0 Å². The van der Waals surface area contributed by atoms with Crippen LogP contribution >= 0.6 is 22.7 Å². The van der Waals surface area contributed by atoms with Crippen molar-refractivity contribution in [2.24, 2.45) is 0 Å². The zero-order valence-electron chi connectivity index (χ0n) is 15.6. The van der Waals surface area contributed by atoms with Crippen LogP contribution in [0.4, 0.5) is 0 Å². The van der Waals surface area contributed by atoms with Crippen LogP contribution in [0.5, 0.6) is 0 Å². The van der Waals surface area contributed by atoms with E-state index in [4.69, 9.17) is 4.98 Å². The number of hydrogen-bond donors (Lipinski definition) is 0. The Hall–Kier alpha value is -2.12. The van der Waals surface area contributed by atoms with Crippen molar-refractivity contribution in [3.8, 4) is 10.6 Å². The Bertz CT molecular complexity index is 939. The molecular weight excluding hydrogens is 376 g/mol. The van der Waals surface area contributed by atoms with E-state index in [1.54, 1.807) is 28.9 Å². The van der Waals surface area contributed by atoms with Crippen LogP contribution in [0.3, 0.4) is 0 Å². The molecular formula is C20H22N4OS2. The summed E-state index contributed by atoms with van der Waals surface area (Å²) in [4.78, 5) is 29.4. The molecule has 0 unspecified atom stereocenters. The van der Waals surface area contributed by atoms with Crippen LogP contribution in [-0.4, -0.2) is 38.8 Å². The van der Waals surface area contributed by atoms with Crippen LogP contribution < -0.4 is 0 Å². The van der Waals surface area contributed by atoms with Crippen LogP contribution in [0.15, 0.2) is 23.7 Å². The summed E-state index contributed by atoms with van der Waals surface area (Å²) in [5, 5.41) is 4.18. The highest BCUT2D eigenvalue weighted by atomic mass is 32.1. The molecule has 0 N–H and O–H groups in total. The van der Waals surface area contributed by atoms with Gasteiger partial charge >= 0.3 is 0 Å². The average molecular weight is 399 g/mol. The van der Waals surface area contributed by atoms with Gasteiger partial charge in [-0.1, -0.05) is 0 Å². The van der Waals surface area contributed by atoms with E-state index in [1.165, 1.54) is 6.42 Å². The first-order valence-corrected chi connectivity index (χ1v) is 10.9. The number of likely N-dealkylation sites (tertiary alicyclic amines) is 1. The van der Waals surface area contributed by atoms with E-state index in [1.807, 2.05) is 30.9 Å². The van der Waals surface area contributed by atoms with Gasteiger partial charge in [-0.15, -0.1) is 22.7 Å². The zero-order chi connectivity index (χ0) is 18.8. The first-order valence-electron chi connectivity index (χ1n) is 9.23. The van der Waals surface area contributed by atoms with Gasteiger partial charge < -0.3 is 4.90 Å². The maximum Gasteiger partial charge on any atom is 0.255 e. The topological polar surface area (TPSA) is 59.0 Å². The molecule has 0 spiro atoms. The van der Waals surface area contributed by atoms with Crippen molar-refractivity contribution in [3.05, 3.63) is 50.7 Å². The number of rotatable bonds is 4. The Balaban J connectivity index is 1.44. The van der Waals surface area contributed by atoms with Gasteiger partial charge in [-0.3, -0.25) is 9.78 Å². The lowest BCUT2D eigenvalue weighted by atomic mass is 10.1. The molecule has 0 saturated carbocycles. The number of carbonyl (C=O) groups is 1. The number of thiazole rings is 2. The smallest absolute Gasteiger partial charge is 0.255 e. The molecule has 7 heteroatoms. The van der Waals surface area contributed by atoms with Gasteiger partial charge in [0, 0.05) is 36.8 Å². The highest BCUT2D eigenvalue weighted by Crippen LogP contribution is 2.31. The summed E-state index contributed by atoms with van der Waals surface area (Å²) < 4.78 is 0. The van der Waals surface area contributed by atoms with Gasteiger partial charge in [0.2, 0.25) is 0 Å². The van der Waals surface area contributed by atoms with E-state index in [2.05, 4.69) is 15.3 Å². The maximum absolute atomic E-state index is 12.5. The molecule has 4 rings (SSSR count). The Kier molecular flexibility index (Phi) is 5.31. The van der Waals surface area contributed by atoms with E-state index < -0.39 is 0 Å². The summed E-state index contributed by atoms with van der Waals surface area (Å²) in [5.74, 6) is 0.0984. The number of nitrogens with zero attached hydrogens (tertiary/aromatic N) is 4. The van der Waals surface area contributed by atoms with E-state index in [0.29, 0.717) is 12.0 Å². The Morgan fingerprint density at radius 2 is 1.96 bits per heavy atom. The van der Waals surface area contributed by atoms with Crippen molar-refractivity contribution in [2.45, 2.75) is 39.5 Å². The number of pyridine rings is 1. The van der Waals surface area contributed by atoms with Gasteiger partial charge in [0.05, 0.1) is 31.8 Å². The molecule has 4 heterocycles. The number of hydrogen-bond acceptors (Lipinski definition) is 6. The van der Waals surface area contributed by atoms with Gasteiger partial charge in [0.25, 0.3) is 5.91 Å². The minimum Gasteiger partial charge on any atom is -0.339 e. The lowest BCUT2D eigenvalue weighted by Crippen LogP contribution is -2.35. The van der Waals surface area contributed by atoms with E-state index >= 15 is 0 Å². The molecule has 27 heavy (non-hydrogen) atoms. The van der Waals surface area contributed by atoms with Gasteiger partial charge in [-0.05, 0) is 45.2 Å². The molecule has 5 nitrogen and oxygen atoms in total. The molecule has 1 aliphatic rings. The van der Waals surface area contributed by atoms with Crippen LogP contribution in [0.1, 0.15) is 51.0 Å². The second-order valence-electron chi connectivity index (χ2n) is 6.84. The van der Waals surface area contributed by atoms with Crippen molar-refractivity contribution >= 4 is 28.6 Å². The Morgan fingerprint density at radius 3 is 2.63 bits per heavy atom. The van der Waals surface area contributed by atoms with Crippen LogP contribution in [-0.2, 0) is 6.42 Å². The molecule has 0 atom stereocenters. The van der Waals surface area contributed by atoms with Crippen molar-refractivity contribution in [1.82, 2.24) is 19.9 Å². The molecule has 1 amide bonds. The fourth-order valence-corrected chi connectivity index (χ4v) is 5.11. The molecule has 3 aromatic rings. The van der Waals surface area contributed by atoms with E-state index in [9.17, 15) is 4.79 Å². The first kappa shape index (κ1) is 18.3. The van der Waals surface area contributed by atoms with Gasteiger partial charge in [0.1, 0.15) is 0 Å². The third-order valence-electron chi connectivity index (χ3n) is 4.74. The molecule has 1 aliphatic heterocycles. The second-order valence-corrected chi connectivity index (χ2v) is 8.99. The summed E-state index contributed by atoms with van der Waals surface area (Å²) in [6, 6.07) is 3.84. The third-order valence-corrected chi connectivity index (χ3v) is 6.68. The largest absolute Gasteiger partial charge is 0.339 e. The lowest BCUT2D eigenvalue weighted by Gasteiger charge is -2.26. The maximum atomic E-state index is 12.5. The van der Waals surface area contributed by atoms with Crippen molar-refractivity contribution in [2.75, 3.05) is 13.1 Å². The predicted octanol–water partition coefficient (Wildman–Crippen LogP) is 4.50. The third kappa shape index (κ3) is 4.09. The SMILES string of the molecule is Cc1nc(C)c(-c2csc(Cc3ccc(C(=O)N4CCCCC4)cn3)n2)s1. The molecule has 3 aromatic heterocycles. The second kappa shape index (κ2) is 7.86. The number of piperidine rings is 1. The quantitative estimate of drug-likeness (QED) is 0.649. The number of carbonyl (C=O) groups excluding carboxylic acids is 1. The van der Waals surface area contributed by atoms with Crippen LogP contribution in [0.25, 0.3) is 10.6 Å². The van der Waals surface area contributed by atoms with Crippen molar-refractivity contribution in [1.29, 1.82) is 0 Å². The Morgan fingerprint density at radius 1 is 1.15 bits per heavy atom. The number of aryl methyl sites for hydroxylation is 2.